The van der Waals surface area contributed by atoms with Crippen molar-refractivity contribution in [1.29, 1.82) is 0 Å². The van der Waals surface area contributed by atoms with Crippen LogP contribution in [0.15, 0.2) is 24.4 Å². The molecular formula is C18H23ClN4O2. The lowest BCUT2D eigenvalue weighted by Gasteiger charge is -2.23. The number of hydrogen-bond acceptors (Lipinski definition) is 6. The lowest BCUT2D eigenvalue weighted by atomic mass is 9.95. The molecule has 0 aliphatic heterocycles. The molecule has 1 aliphatic rings. The molecule has 1 saturated carbocycles. The molecule has 2 aromatic rings. The van der Waals surface area contributed by atoms with Crippen LogP contribution in [0.25, 0.3) is 0 Å². The second-order valence-electron chi connectivity index (χ2n) is 6.06. The van der Waals surface area contributed by atoms with Crippen LogP contribution in [0.1, 0.15) is 32.1 Å². The summed E-state index contributed by atoms with van der Waals surface area (Å²) in [5.41, 5.74) is 0.759. The maximum atomic E-state index is 6.26. The van der Waals surface area contributed by atoms with Crippen LogP contribution in [0, 0.1) is 0 Å². The van der Waals surface area contributed by atoms with Crippen molar-refractivity contribution in [3.8, 4) is 11.5 Å². The molecule has 134 valence electrons. The van der Waals surface area contributed by atoms with Gasteiger partial charge in [-0.2, -0.15) is 4.98 Å². The first-order valence-electron chi connectivity index (χ1n) is 8.47. The first kappa shape index (κ1) is 17.6. The topological polar surface area (TPSA) is 68.3 Å². The summed E-state index contributed by atoms with van der Waals surface area (Å²) < 4.78 is 10.6. The van der Waals surface area contributed by atoms with E-state index in [1.54, 1.807) is 26.5 Å². The smallest absolute Gasteiger partial charge is 0.229 e. The highest BCUT2D eigenvalue weighted by Crippen LogP contribution is 2.32. The summed E-state index contributed by atoms with van der Waals surface area (Å²) in [6, 6.07) is 5.94. The van der Waals surface area contributed by atoms with E-state index in [2.05, 4.69) is 20.6 Å². The van der Waals surface area contributed by atoms with Crippen molar-refractivity contribution >= 4 is 29.1 Å². The number of hydrogen-bond donors (Lipinski definition) is 2. The quantitative estimate of drug-likeness (QED) is 0.780. The summed E-state index contributed by atoms with van der Waals surface area (Å²) in [6.45, 7) is 0. The van der Waals surface area contributed by atoms with E-state index in [4.69, 9.17) is 21.1 Å². The molecule has 1 aromatic carbocycles. The highest BCUT2D eigenvalue weighted by atomic mass is 35.5. The van der Waals surface area contributed by atoms with Gasteiger partial charge in [0.2, 0.25) is 5.95 Å². The van der Waals surface area contributed by atoms with Gasteiger partial charge in [0.15, 0.2) is 5.82 Å². The summed E-state index contributed by atoms with van der Waals surface area (Å²) in [7, 11) is 3.23. The molecule has 0 bridgehead atoms. The maximum Gasteiger partial charge on any atom is 0.229 e. The summed E-state index contributed by atoms with van der Waals surface area (Å²) >= 11 is 6.26. The first-order chi connectivity index (χ1) is 12.2. The Labute approximate surface area is 152 Å². The molecule has 6 nitrogen and oxygen atoms in total. The normalized spacial score (nSPS) is 14.8. The molecule has 3 rings (SSSR count). The molecule has 1 aromatic heterocycles. The SMILES string of the molecule is COc1ccc(Nc2ncc(Cl)c(NC3CCCCC3)n2)c(OC)c1. The number of ether oxygens (including phenoxy) is 2. The molecule has 0 atom stereocenters. The van der Waals surface area contributed by atoms with E-state index in [1.807, 2.05) is 12.1 Å². The number of nitrogens with one attached hydrogen (secondary N) is 2. The highest BCUT2D eigenvalue weighted by Gasteiger charge is 2.16. The van der Waals surface area contributed by atoms with Crippen molar-refractivity contribution < 1.29 is 9.47 Å². The third kappa shape index (κ3) is 4.45. The Balaban J connectivity index is 1.77. The van der Waals surface area contributed by atoms with Crippen LogP contribution in [0.5, 0.6) is 11.5 Å². The summed E-state index contributed by atoms with van der Waals surface area (Å²) in [5, 5.41) is 7.15. The number of halogens is 1. The van der Waals surface area contributed by atoms with Crippen LogP contribution in [-0.2, 0) is 0 Å². The molecule has 0 spiro atoms. The Bertz CT molecular complexity index is 720. The molecular weight excluding hydrogens is 340 g/mol. The van der Waals surface area contributed by atoms with Crippen molar-refractivity contribution in [3.05, 3.63) is 29.4 Å². The van der Waals surface area contributed by atoms with Gasteiger partial charge in [-0.1, -0.05) is 30.9 Å². The lowest BCUT2D eigenvalue weighted by molar-refractivity contribution is 0.395. The van der Waals surface area contributed by atoms with E-state index in [0.717, 1.165) is 24.3 Å². The van der Waals surface area contributed by atoms with Crippen LogP contribution >= 0.6 is 11.6 Å². The Hall–Kier alpha value is -2.21. The fourth-order valence-corrected chi connectivity index (χ4v) is 3.14. The van der Waals surface area contributed by atoms with Crippen molar-refractivity contribution in [2.45, 2.75) is 38.1 Å². The second-order valence-corrected chi connectivity index (χ2v) is 6.47. The molecule has 1 heterocycles. The summed E-state index contributed by atoms with van der Waals surface area (Å²) in [5.74, 6) is 2.50. The number of nitrogens with zero attached hydrogens (tertiary/aromatic N) is 2. The van der Waals surface area contributed by atoms with E-state index in [9.17, 15) is 0 Å². The predicted octanol–water partition coefficient (Wildman–Crippen LogP) is 4.64. The number of rotatable bonds is 6. The van der Waals surface area contributed by atoms with Crippen LogP contribution in [0.4, 0.5) is 17.5 Å². The van der Waals surface area contributed by atoms with Gasteiger partial charge in [0, 0.05) is 12.1 Å². The second kappa shape index (κ2) is 8.25. The van der Waals surface area contributed by atoms with Gasteiger partial charge in [-0.05, 0) is 25.0 Å². The van der Waals surface area contributed by atoms with Gasteiger partial charge in [0.05, 0.1) is 26.1 Å². The van der Waals surface area contributed by atoms with Crippen LogP contribution in [0.3, 0.4) is 0 Å². The van der Waals surface area contributed by atoms with Crippen molar-refractivity contribution in [2.75, 3.05) is 24.9 Å². The minimum absolute atomic E-state index is 0.421. The van der Waals surface area contributed by atoms with Gasteiger partial charge < -0.3 is 20.1 Å². The predicted molar refractivity (Wildman–Crippen MR) is 100 cm³/mol. The van der Waals surface area contributed by atoms with E-state index >= 15 is 0 Å². The highest BCUT2D eigenvalue weighted by molar-refractivity contribution is 6.32. The van der Waals surface area contributed by atoms with Gasteiger partial charge in [-0.3, -0.25) is 0 Å². The Morgan fingerprint density at radius 1 is 1.12 bits per heavy atom. The average Bonchev–Trinajstić information content (AvgIpc) is 2.65. The fraction of sp³-hybridized carbons (Fsp3) is 0.444. The molecule has 0 amide bonds. The van der Waals surface area contributed by atoms with Gasteiger partial charge in [-0.15, -0.1) is 0 Å². The van der Waals surface area contributed by atoms with E-state index in [0.29, 0.717) is 28.6 Å². The van der Waals surface area contributed by atoms with Crippen molar-refractivity contribution in [3.63, 3.8) is 0 Å². The molecule has 0 unspecified atom stereocenters. The van der Waals surface area contributed by atoms with E-state index in [-0.39, 0.29) is 0 Å². The third-order valence-electron chi connectivity index (χ3n) is 4.35. The first-order valence-corrected chi connectivity index (χ1v) is 8.85. The van der Waals surface area contributed by atoms with Crippen molar-refractivity contribution in [1.82, 2.24) is 9.97 Å². The van der Waals surface area contributed by atoms with Gasteiger partial charge >= 0.3 is 0 Å². The molecule has 25 heavy (non-hydrogen) atoms. The van der Waals surface area contributed by atoms with E-state index in [1.165, 1.54) is 19.3 Å². The number of benzene rings is 1. The molecule has 7 heteroatoms. The zero-order chi connectivity index (χ0) is 17.6. The van der Waals surface area contributed by atoms with Gasteiger partial charge in [0.25, 0.3) is 0 Å². The fourth-order valence-electron chi connectivity index (χ4n) is 2.99. The van der Waals surface area contributed by atoms with Gasteiger partial charge in [-0.25, -0.2) is 4.98 Å². The number of aromatic nitrogens is 2. The van der Waals surface area contributed by atoms with Gasteiger partial charge in [0.1, 0.15) is 16.5 Å². The lowest BCUT2D eigenvalue weighted by Crippen LogP contribution is -2.23. The standard InChI is InChI=1S/C18H23ClN4O2/c1-24-13-8-9-15(16(10-13)25-2)22-18-20-11-14(19)17(23-18)21-12-6-4-3-5-7-12/h8-12H,3-7H2,1-2H3,(H2,20,21,22,23). The van der Waals surface area contributed by atoms with Crippen LogP contribution in [0.2, 0.25) is 5.02 Å². The number of anilines is 3. The molecule has 0 saturated heterocycles. The van der Waals surface area contributed by atoms with Crippen LogP contribution in [-0.4, -0.2) is 30.2 Å². The third-order valence-corrected chi connectivity index (χ3v) is 4.62. The zero-order valence-electron chi connectivity index (χ0n) is 14.5. The molecule has 1 aliphatic carbocycles. The van der Waals surface area contributed by atoms with Crippen molar-refractivity contribution in [2.24, 2.45) is 0 Å². The monoisotopic (exact) mass is 362 g/mol. The summed E-state index contributed by atoms with van der Waals surface area (Å²) in [4.78, 5) is 8.79. The molecule has 0 radical (unpaired) electrons. The molecule has 1 fully saturated rings. The maximum absolute atomic E-state index is 6.26. The zero-order valence-corrected chi connectivity index (χ0v) is 15.3. The summed E-state index contributed by atoms with van der Waals surface area (Å²) in [6.07, 6.45) is 7.70. The van der Waals surface area contributed by atoms with E-state index < -0.39 is 0 Å². The largest absolute Gasteiger partial charge is 0.497 e. The Morgan fingerprint density at radius 2 is 1.92 bits per heavy atom. The minimum atomic E-state index is 0.421. The minimum Gasteiger partial charge on any atom is -0.497 e. The molecule has 2 N–H and O–H groups in total. The van der Waals surface area contributed by atoms with Crippen LogP contribution < -0.4 is 20.1 Å². The Kier molecular flexibility index (Phi) is 5.81. The number of methoxy groups -OCH3 is 2. The Morgan fingerprint density at radius 3 is 2.64 bits per heavy atom. The average molecular weight is 363 g/mol.